The first-order chi connectivity index (χ1) is 8.28. The first kappa shape index (κ1) is 16.1. The van der Waals surface area contributed by atoms with Crippen LogP contribution in [0.3, 0.4) is 0 Å². The monoisotopic (exact) mass is 244 g/mol. The van der Waals surface area contributed by atoms with Crippen molar-refractivity contribution < 1.29 is 0 Å². The summed E-state index contributed by atoms with van der Waals surface area (Å²) in [6.45, 7) is 12.4. The van der Waals surface area contributed by atoms with E-state index in [2.05, 4.69) is 59.3 Å². The molecule has 5 N–H and O–H groups in total. The topological polar surface area (TPSA) is 72.5 Å². The van der Waals surface area contributed by atoms with Gasteiger partial charge in [0.05, 0.1) is 6.67 Å². The second-order valence-electron chi connectivity index (χ2n) is 3.48. The molecule has 0 amide bonds. The third-order valence-corrected chi connectivity index (χ3v) is 2.04. The van der Waals surface area contributed by atoms with Gasteiger partial charge in [0.2, 0.25) is 0 Å². The van der Waals surface area contributed by atoms with Crippen LogP contribution in [0.2, 0.25) is 0 Å². The minimum absolute atomic E-state index is 0.109. The Bertz CT molecular complexity index is 180. The van der Waals surface area contributed by atoms with Crippen LogP contribution in [-0.2, 0) is 0 Å². The summed E-state index contributed by atoms with van der Waals surface area (Å²) in [4.78, 5) is 4.41. The Kier molecular flexibility index (Phi) is 11.0. The molecule has 0 fully saturated rings. The lowest BCUT2D eigenvalue weighted by atomic mass is 10.6. The fourth-order valence-corrected chi connectivity index (χ4v) is 1.35. The number of hydrogen-bond acceptors (Lipinski definition) is 4. The maximum atomic E-state index is 4.41. The molecule has 0 aromatic carbocycles. The fraction of sp³-hybridized carbons (Fsp3) is 0.909. The van der Waals surface area contributed by atoms with Crippen LogP contribution < -0.4 is 26.6 Å². The van der Waals surface area contributed by atoms with E-state index in [4.69, 9.17) is 0 Å². The molecule has 0 saturated carbocycles. The van der Waals surface area contributed by atoms with E-state index in [0.717, 1.165) is 32.1 Å². The van der Waals surface area contributed by atoms with Gasteiger partial charge in [0.25, 0.3) is 0 Å². The Hall–Kier alpha value is -0.850. The molecule has 0 aliphatic heterocycles. The van der Waals surface area contributed by atoms with Crippen molar-refractivity contribution in [1.82, 2.24) is 26.6 Å². The predicted molar refractivity (Wildman–Crippen MR) is 73.9 cm³/mol. The Morgan fingerprint density at radius 3 is 1.76 bits per heavy atom. The molecule has 0 unspecified atom stereocenters. The SMILES string of the molecule is CCNC(=NCNC(NCC)NCC)NCC. The molecule has 6 heteroatoms. The van der Waals surface area contributed by atoms with Crippen molar-refractivity contribution in [2.24, 2.45) is 4.99 Å². The van der Waals surface area contributed by atoms with E-state index in [1.54, 1.807) is 0 Å². The van der Waals surface area contributed by atoms with E-state index < -0.39 is 0 Å². The van der Waals surface area contributed by atoms with E-state index in [1.165, 1.54) is 0 Å². The standard InChI is InChI=1S/C11H28N6/c1-5-12-10(13-6-2)16-9-17-11(14-7-3)15-8-4/h10,12-13,16H,5-9H2,1-4H3,(H2,14,15,17). The van der Waals surface area contributed by atoms with Crippen LogP contribution in [-0.4, -0.2) is 45.1 Å². The minimum Gasteiger partial charge on any atom is -0.357 e. The van der Waals surface area contributed by atoms with Crippen molar-refractivity contribution in [2.45, 2.75) is 34.0 Å². The summed E-state index contributed by atoms with van der Waals surface area (Å²) in [5.41, 5.74) is 0. The summed E-state index contributed by atoms with van der Waals surface area (Å²) in [5.74, 6) is 0.842. The summed E-state index contributed by atoms with van der Waals surface area (Å²) >= 11 is 0. The zero-order chi connectivity index (χ0) is 12.9. The summed E-state index contributed by atoms with van der Waals surface area (Å²) in [6.07, 6.45) is 0.109. The van der Waals surface area contributed by atoms with Gasteiger partial charge in [-0.3, -0.25) is 16.0 Å². The average molecular weight is 244 g/mol. The Balaban J connectivity index is 3.98. The molecule has 6 nitrogen and oxygen atoms in total. The van der Waals surface area contributed by atoms with Gasteiger partial charge >= 0.3 is 0 Å². The summed E-state index contributed by atoms with van der Waals surface area (Å²) in [5, 5.41) is 16.2. The van der Waals surface area contributed by atoms with Crippen LogP contribution in [0.15, 0.2) is 4.99 Å². The molecular formula is C11H28N6. The van der Waals surface area contributed by atoms with Gasteiger partial charge in [0.1, 0.15) is 6.29 Å². The van der Waals surface area contributed by atoms with E-state index in [9.17, 15) is 0 Å². The van der Waals surface area contributed by atoms with Gasteiger partial charge in [0, 0.05) is 13.1 Å². The van der Waals surface area contributed by atoms with Crippen LogP contribution in [0.1, 0.15) is 27.7 Å². The van der Waals surface area contributed by atoms with Crippen molar-refractivity contribution in [3.05, 3.63) is 0 Å². The van der Waals surface area contributed by atoms with E-state index >= 15 is 0 Å². The second kappa shape index (κ2) is 11.6. The molecule has 0 heterocycles. The van der Waals surface area contributed by atoms with E-state index in [1.807, 2.05) is 0 Å². The third-order valence-electron chi connectivity index (χ3n) is 2.04. The molecule has 0 aliphatic rings. The average Bonchev–Trinajstić information content (AvgIpc) is 2.30. The molecule has 0 radical (unpaired) electrons. The van der Waals surface area contributed by atoms with Crippen LogP contribution in [0.5, 0.6) is 0 Å². The molecule has 0 spiro atoms. The van der Waals surface area contributed by atoms with Gasteiger partial charge in [-0.15, -0.1) is 0 Å². The number of nitrogens with zero attached hydrogens (tertiary/aromatic N) is 1. The van der Waals surface area contributed by atoms with Crippen LogP contribution in [0.25, 0.3) is 0 Å². The molecular weight excluding hydrogens is 216 g/mol. The highest BCUT2D eigenvalue weighted by Gasteiger charge is 2.02. The molecule has 0 aromatic rings. The van der Waals surface area contributed by atoms with Gasteiger partial charge in [-0.25, -0.2) is 4.99 Å². The van der Waals surface area contributed by atoms with Gasteiger partial charge in [-0.1, -0.05) is 13.8 Å². The third kappa shape index (κ3) is 8.91. The maximum absolute atomic E-state index is 4.41. The minimum atomic E-state index is 0.109. The fourth-order valence-electron chi connectivity index (χ4n) is 1.35. The first-order valence-electron chi connectivity index (χ1n) is 6.50. The second-order valence-corrected chi connectivity index (χ2v) is 3.48. The van der Waals surface area contributed by atoms with Crippen molar-refractivity contribution in [3.63, 3.8) is 0 Å². The van der Waals surface area contributed by atoms with Crippen LogP contribution in [0, 0.1) is 0 Å². The number of rotatable bonds is 9. The molecule has 102 valence electrons. The van der Waals surface area contributed by atoms with Gasteiger partial charge in [0.15, 0.2) is 5.96 Å². The van der Waals surface area contributed by atoms with Crippen LogP contribution >= 0.6 is 0 Å². The summed E-state index contributed by atoms with van der Waals surface area (Å²) < 4.78 is 0. The zero-order valence-corrected chi connectivity index (χ0v) is 11.6. The quantitative estimate of drug-likeness (QED) is 0.217. The summed E-state index contributed by atoms with van der Waals surface area (Å²) in [7, 11) is 0. The molecule has 17 heavy (non-hydrogen) atoms. The Labute approximate surface area is 105 Å². The highest BCUT2D eigenvalue weighted by molar-refractivity contribution is 5.79. The highest BCUT2D eigenvalue weighted by Crippen LogP contribution is 1.75. The van der Waals surface area contributed by atoms with Crippen molar-refractivity contribution in [3.8, 4) is 0 Å². The maximum Gasteiger partial charge on any atom is 0.192 e. The van der Waals surface area contributed by atoms with Gasteiger partial charge in [-0.2, -0.15) is 0 Å². The molecule has 0 bridgehead atoms. The number of aliphatic imine (C=N–C) groups is 1. The van der Waals surface area contributed by atoms with Gasteiger partial charge in [-0.05, 0) is 26.9 Å². The van der Waals surface area contributed by atoms with Gasteiger partial charge < -0.3 is 10.6 Å². The molecule has 0 rings (SSSR count). The van der Waals surface area contributed by atoms with E-state index in [0.29, 0.717) is 6.67 Å². The zero-order valence-electron chi connectivity index (χ0n) is 11.6. The molecule has 0 saturated heterocycles. The number of nitrogens with one attached hydrogen (secondary N) is 5. The smallest absolute Gasteiger partial charge is 0.192 e. The number of guanidine groups is 1. The van der Waals surface area contributed by atoms with Crippen LogP contribution in [0.4, 0.5) is 0 Å². The lowest BCUT2D eigenvalue weighted by Crippen LogP contribution is -2.53. The first-order valence-corrected chi connectivity index (χ1v) is 6.50. The molecule has 0 atom stereocenters. The lowest BCUT2D eigenvalue weighted by molar-refractivity contribution is 0.374. The Morgan fingerprint density at radius 1 is 0.824 bits per heavy atom. The van der Waals surface area contributed by atoms with Crippen molar-refractivity contribution in [1.29, 1.82) is 0 Å². The number of hydrogen-bond donors (Lipinski definition) is 5. The van der Waals surface area contributed by atoms with E-state index in [-0.39, 0.29) is 6.29 Å². The lowest BCUT2D eigenvalue weighted by Gasteiger charge is -2.19. The normalized spacial score (nSPS) is 10.4. The Morgan fingerprint density at radius 2 is 1.35 bits per heavy atom. The molecule has 0 aromatic heterocycles. The highest BCUT2D eigenvalue weighted by atomic mass is 15.3. The summed E-state index contributed by atoms with van der Waals surface area (Å²) in [6, 6.07) is 0. The van der Waals surface area contributed by atoms with Crippen molar-refractivity contribution in [2.75, 3.05) is 32.8 Å². The predicted octanol–water partition coefficient (Wildman–Crippen LogP) is -0.389. The van der Waals surface area contributed by atoms with Crippen molar-refractivity contribution >= 4 is 5.96 Å². The largest absolute Gasteiger partial charge is 0.357 e. The molecule has 0 aliphatic carbocycles.